The van der Waals surface area contributed by atoms with E-state index in [1.165, 1.54) is 4.88 Å². The number of hydrogen-bond donors (Lipinski definition) is 0. The van der Waals surface area contributed by atoms with Crippen molar-refractivity contribution in [3.05, 3.63) is 64.6 Å². The minimum Gasteiger partial charge on any atom is -0.493 e. The van der Waals surface area contributed by atoms with Crippen molar-refractivity contribution in [3.8, 4) is 11.5 Å². The van der Waals surface area contributed by atoms with Crippen LogP contribution in [0.4, 0.5) is 0 Å². The van der Waals surface area contributed by atoms with Crippen LogP contribution in [0.5, 0.6) is 11.5 Å². The summed E-state index contributed by atoms with van der Waals surface area (Å²) in [6.07, 6.45) is 1.96. The second kappa shape index (κ2) is 10.0. The third-order valence-corrected chi connectivity index (χ3v) is 6.43. The Morgan fingerprint density at radius 1 is 1.13 bits per heavy atom. The summed E-state index contributed by atoms with van der Waals surface area (Å²) in [6, 6.07) is 10.1. The zero-order valence-electron chi connectivity index (χ0n) is 18.0. The molecule has 3 aromatic rings. The number of piperazine rings is 1. The highest BCUT2D eigenvalue weighted by atomic mass is 32.1. The second-order valence-corrected chi connectivity index (χ2v) is 8.45. The summed E-state index contributed by atoms with van der Waals surface area (Å²) in [5.74, 6) is 2.24. The molecule has 8 nitrogen and oxygen atoms in total. The van der Waals surface area contributed by atoms with E-state index >= 15 is 0 Å². The van der Waals surface area contributed by atoms with E-state index in [2.05, 4.69) is 55.5 Å². The quantitative estimate of drug-likeness (QED) is 0.474. The van der Waals surface area contributed by atoms with Gasteiger partial charge in [0.15, 0.2) is 17.3 Å². The molecule has 1 saturated heterocycles. The van der Waals surface area contributed by atoms with E-state index in [-0.39, 0.29) is 6.04 Å². The number of tetrazole rings is 1. The zero-order chi connectivity index (χ0) is 21.6. The van der Waals surface area contributed by atoms with E-state index in [1.807, 2.05) is 22.9 Å². The molecule has 1 aromatic carbocycles. The number of rotatable bonds is 9. The smallest absolute Gasteiger partial charge is 0.173 e. The molecule has 0 bridgehead atoms. The standard InChI is InChI=1S/C22H28N6O2S/c1-4-9-26-10-12-27(13-11-26)21(17-7-8-19(29-2)20(15-17)30-3)22-23-24-25-28(22)16-18-6-5-14-31-18/h4-8,14-15,21H,1,9-13,16H2,2-3H3/t21-/m1/s1. The highest BCUT2D eigenvalue weighted by Crippen LogP contribution is 2.35. The lowest BCUT2D eigenvalue weighted by Gasteiger charge is -2.38. The Kier molecular flexibility index (Phi) is 6.96. The van der Waals surface area contributed by atoms with Crippen molar-refractivity contribution >= 4 is 11.3 Å². The van der Waals surface area contributed by atoms with Crippen LogP contribution in [0.25, 0.3) is 0 Å². The largest absolute Gasteiger partial charge is 0.493 e. The van der Waals surface area contributed by atoms with E-state index in [1.54, 1.807) is 25.6 Å². The molecule has 31 heavy (non-hydrogen) atoms. The highest BCUT2D eigenvalue weighted by Gasteiger charge is 2.31. The number of thiophene rings is 1. The second-order valence-electron chi connectivity index (χ2n) is 7.42. The number of benzene rings is 1. The van der Waals surface area contributed by atoms with Crippen LogP contribution in [-0.2, 0) is 6.54 Å². The van der Waals surface area contributed by atoms with Crippen molar-refractivity contribution in [3.63, 3.8) is 0 Å². The Bertz CT molecular complexity index is 982. The molecule has 0 radical (unpaired) electrons. The van der Waals surface area contributed by atoms with Crippen molar-refractivity contribution < 1.29 is 9.47 Å². The van der Waals surface area contributed by atoms with Gasteiger partial charge in [-0.05, 0) is 39.6 Å². The first-order valence-electron chi connectivity index (χ1n) is 10.3. The fraction of sp³-hybridized carbons (Fsp3) is 0.409. The van der Waals surface area contributed by atoms with E-state index in [0.717, 1.165) is 44.1 Å². The van der Waals surface area contributed by atoms with Gasteiger partial charge in [-0.25, -0.2) is 4.68 Å². The van der Waals surface area contributed by atoms with Crippen molar-refractivity contribution in [1.29, 1.82) is 0 Å². The monoisotopic (exact) mass is 440 g/mol. The summed E-state index contributed by atoms with van der Waals surface area (Å²) in [5, 5.41) is 14.9. The van der Waals surface area contributed by atoms with Gasteiger partial charge in [-0.15, -0.1) is 23.0 Å². The number of ether oxygens (including phenoxy) is 2. The van der Waals surface area contributed by atoms with Crippen LogP contribution >= 0.6 is 11.3 Å². The van der Waals surface area contributed by atoms with Gasteiger partial charge in [0.1, 0.15) is 0 Å². The Morgan fingerprint density at radius 3 is 2.61 bits per heavy atom. The molecule has 4 rings (SSSR count). The summed E-state index contributed by atoms with van der Waals surface area (Å²) in [6.45, 7) is 9.21. The first-order valence-corrected chi connectivity index (χ1v) is 11.2. The summed E-state index contributed by atoms with van der Waals surface area (Å²) >= 11 is 1.71. The molecule has 9 heteroatoms. The topological polar surface area (TPSA) is 68.5 Å². The molecule has 1 aliphatic rings. The molecular weight excluding hydrogens is 412 g/mol. The average molecular weight is 441 g/mol. The molecule has 1 aliphatic heterocycles. The Balaban J connectivity index is 1.69. The van der Waals surface area contributed by atoms with Crippen LogP contribution in [0.3, 0.4) is 0 Å². The van der Waals surface area contributed by atoms with E-state index in [9.17, 15) is 0 Å². The molecule has 0 amide bonds. The van der Waals surface area contributed by atoms with Crippen molar-refractivity contribution in [2.75, 3.05) is 46.9 Å². The fourth-order valence-electron chi connectivity index (χ4n) is 4.00. The Hall–Kier alpha value is -2.75. The molecule has 0 aliphatic carbocycles. The van der Waals surface area contributed by atoms with Crippen LogP contribution < -0.4 is 9.47 Å². The normalized spacial score (nSPS) is 16.2. The van der Waals surface area contributed by atoms with Crippen LogP contribution in [-0.4, -0.2) is 77.0 Å². The predicted octanol–water partition coefficient (Wildman–Crippen LogP) is 2.69. The summed E-state index contributed by atoms with van der Waals surface area (Å²) < 4.78 is 12.9. The molecule has 1 fully saturated rings. The van der Waals surface area contributed by atoms with Gasteiger partial charge in [-0.3, -0.25) is 9.80 Å². The maximum atomic E-state index is 5.58. The lowest BCUT2D eigenvalue weighted by Crippen LogP contribution is -2.48. The Morgan fingerprint density at radius 2 is 1.94 bits per heavy atom. The van der Waals surface area contributed by atoms with Gasteiger partial charge in [0.25, 0.3) is 0 Å². The molecule has 1 atom stereocenters. The van der Waals surface area contributed by atoms with E-state index in [0.29, 0.717) is 18.0 Å². The molecule has 3 heterocycles. The number of hydrogen-bond acceptors (Lipinski definition) is 8. The third kappa shape index (κ3) is 4.79. The van der Waals surface area contributed by atoms with Gasteiger partial charge < -0.3 is 9.47 Å². The maximum absolute atomic E-state index is 5.58. The van der Waals surface area contributed by atoms with Gasteiger partial charge in [0, 0.05) is 37.6 Å². The highest BCUT2D eigenvalue weighted by molar-refractivity contribution is 7.09. The van der Waals surface area contributed by atoms with Crippen LogP contribution in [0, 0.1) is 0 Å². The lowest BCUT2D eigenvalue weighted by atomic mass is 10.0. The Labute approximate surface area is 186 Å². The van der Waals surface area contributed by atoms with Crippen LogP contribution in [0.1, 0.15) is 22.3 Å². The minimum absolute atomic E-state index is 0.0827. The third-order valence-electron chi connectivity index (χ3n) is 5.57. The predicted molar refractivity (Wildman–Crippen MR) is 121 cm³/mol. The first-order chi connectivity index (χ1) is 15.2. The molecule has 2 aromatic heterocycles. The molecule has 0 N–H and O–H groups in total. The molecule has 0 unspecified atom stereocenters. The van der Waals surface area contributed by atoms with E-state index < -0.39 is 0 Å². The van der Waals surface area contributed by atoms with Gasteiger partial charge in [-0.2, -0.15) is 0 Å². The van der Waals surface area contributed by atoms with Crippen molar-refractivity contribution in [2.24, 2.45) is 0 Å². The molecular formula is C22H28N6O2S. The zero-order valence-corrected chi connectivity index (χ0v) is 18.8. The molecule has 0 spiro atoms. The van der Waals surface area contributed by atoms with Crippen LogP contribution in [0.2, 0.25) is 0 Å². The van der Waals surface area contributed by atoms with Gasteiger partial charge in [0.2, 0.25) is 0 Å². The summed E-state index contributed by atoms with van der Waals surface area (Å²) in [7, 11) is 3.31. The van der Waals surface area contributed by atoms with Crippen molar-refractivity contribution in [2.45, 2.75) is 12.6 Å². The van der Waals surface area contributed by atoms with Gasteiger partial charge >= 0.3 is 0 Å². The van der Waals surface area contributed by atoms with Crippen molar-refractivity contribution in [1.82, 2.24) is 30.0 Å². The molecule has 164 valence electrons. The number of nitrogens with zero attached hydrogens (tertiary/aromatic N) is 6. The van der Waals surface area contributed by atoms with E-state index in [4.69, 9.17) is 9.47 Å². The fourth-order valence-corrected chi connectivity index (χ4v) is 4.69. The minimum atomic E-state index is -0.0827. The maximum Gasteiger partial charge on any atom is 0.173 e. The SMILES string of the molecule is C=CCN1CCN([C@H](c2ccc(OC)c(OC)c2)c2nnnn2Cc2cccs2)CC1. The number of aromatic nitrogens is 4. The van der Waals surface area contributed by atoms with Gasteiger partial charge in [0.05, 0.1) is 26.8 Å². The number of methoxy groups -OCH3 is 2. The lowest BCUT2D eigenvalue weighted by molar-refractivity contribution is 0.112. The summed E-state index contributed by atoms with van der Waals surface area (Å²) in [5.41, 5.74) is 1.08. The summed E-state index contributed by atoms with van der Waals surface area (Å²) in [4.78, 5) is 6.07. The first kappa shape index (κ1) is 21.5. The molecule has 0 saturated carbocycles. The van der Waals surface area contributed by atoms with Gasteiger partial charge in [-0.1, -0.05) is 18.2 Å². The average Bonchev–Trinajstić information content (AvgIpc) is 3.48. The van der Waals surface area contributed by atoms with Crippen LogP contribution in [0.15, 0.2) is 48.4 Å².